The highest BCUT2D eigenvalue weighted by atomic mass is 19.4. The molecule has 2 fully saturated rings. The minimum atomic E-state index is -4.45. The van der Waals surface area contributed by atoms with Crippen molar-refractivity contribution in [1.29, 1.82) is 0 Å². The van der Waals surface area contributed by atoms with E-state index in [9.17, 15) is 18.0 Å². The fraction of sp³-hybridized carbons (Fsp3) is 0.588. The van der Waals surface area contributed by atoms with E-state index in [1.165, 1.54) is 18.2 Å². The van der Waals surface area contributed by atoms with E-state index in [-0.39, 0.29) is 24.1 Å². The molecule has 2 saturated heterocycles. The third-order valence-corrected chi connectivity index (χ3v) is 4.68. The van der Waals surface area contributed by atoms with E-state index >= 15 is 0 Å². The van der Waals surface area contributed by atoms with Crippen molar-refractivity contribution in [2.75, 3.05) is 26.3 Å². The molecule has 2 heterocycles. The summed E-state index contributed by atoms with van der Waals surface area (Å²) in [5.74, 6) is -0.397. The van der Waals surface area contributed by atoms with Crippen molar-refractivity contribution in [3.63, 3.8) is 0 Å². The molecular formula is C17H21F3N2O2. The van der Waals surface area contributed by atoms with Crippen molar-refractivity contribution in [2.45, 2.75) is 37.5 Å². The number of rotatable bonds is 4. The lowest BCUT2D eigenvalue weighted by molar-refractivity contribution is -0.138. The Hall–Kier alpha value is -1.60. The molecule has 132 valence electrons. The van der Waals surface area contributed by atoms with Crippen LogP contribution in [-0.2, 0) is 22.1 Å². The van der Waals surface area contributed by atoms with Gasteiger partial charge in [-0.1, -0.05) is 18.2 Å². The molecule has 1 N–H and O–H groups in total. The fourth-order valence-corrected chi connectivity index (χ4v) is 3.50. The van der Waals surface area contributed by atoms with Gasteiger partial charge in [0.2, 0.25) is 5.91 Å². The van der Waals surface area contributed by atoms with E-state index in [1.54, 1.807) is 0 Å². The first-order chi connectivity index (χ1) is 11.4. The molecule has 0 saturated carbocycles. The first-order valence-corrected chi connectivity index (χ1v) is 8.21. The summed E-state index contributed by atoms with van der Waals surface area (Å²) in [5, 5.41) is 2.86. The number of alkyl halides is 3. The second kappa shape index (κ2) is 7.11. The van der Waals surface area contributed by atoms with Crippen LogP contribution >= 0.6 is 0 Å². The van der Waals surface area contributed by atoms with E-state index in [1.807, 2.05) is 0 Å². The quantitative estimate of drug-likeness (QED) is 0.912. The lowest BCUT2D eigenvalue weighted by atomic mass is 10.0. The van der Waals surface area contributed by atoms with Gasteiger partial charge in [-0.2, -0.15) is 13.2 Å². The van der Waals surface area contributed by atoms with Crippen molar-refractivity contribution in [2.24, 2.45) is 0 Å². The van der Waals surface area contributed by atoms with Crippen molar-refractivity contribution >= 4 is 5.91 Å². The number of halogens is 3. The summed E-state index contributed by atoms with van der Waals surface area (Å²) in [5.41, 5.74) is -0.752. The summed E-state index contributed by atoms with van der Waals surface area (Å²) >= 11 is 0. The number of carbonyl (C=O) groups is 1. The van der Waals surface area contributed by atoms with Gasteiger partial charge in [-0.3, -0.25) is 9.69 Å². The van der Waals surface area contributed by atoms with Gasteiger partial charge in [-0.15, -0.1) is 0 Å². The Labute approximate surface area is 139 Å². The zero-order valence-electron chi connectivity index (χ0n) is 13.3. The largest absolute Gasteiger partial charge is 0.416 e. The monoisotopic (exact) mass is 342 g/mol. The molecule has 7 heteroatoms. The van der Waals surface area contributed by atoms with Crippen molar-refractivity contribution in [3.05, 3.63) is 35.4 Å². The summed E-state index contributed by atoms with van der Waals surface area (Å²) in [6.45, 7) is 2.94. The lowest BCUT2D eigenvalue weighted by Crippen LogP contribution is -2.50. The molecule has 1 aromatic rings. The third kappa shape index (κ3) is 3.89. The number of ether oxygens (including phenoxy) is 1. The van der Waals surface area contributed by atoms with E-state index in [0.29, 0.717) is 13.2 Å². The Morgan fingerprint density at radius 3 is 2.62 bits per heavy atom. The average Bonchev–Trinajstić information content (AvgIpc) is 3.17. The molecule has 0 aliphatic carbocycles. The Balaban J connectivity index is 1.64. The van der Waals surface area contributed by atoms with Gasteiger partial charge in [0, 0.05) is 0 Å². The summed E-state index contributed by atoms with van der Waals surface area (Å²) < 4.78 is 44.5. The Bertz CT molecular complexity index is 585. The number of benzene rings is 1. The van der Waals surface area contributed by atoms with Crippen LogP contribution in [0.3, 0.4) is 0 Å². The van der Waals surface area contributed by atoms with Gasteiger partial charge in [0.1, 0.15) is 0 Å². The molecule has 3 rings (SSSR count). The Morgan fingerprint density at radius 1 is 1.21 bits per heavy atom. The summed E-state index contributed by atoms with van der Waals surface area (Å²) in [6, 6.07) is 5.17. The zero-order chi connectivity index (χ0) is 17.2. The first kappa shape index (κ1) is 17.2. The van der Waals surface area contributed by atoms with Crippen molar-refractivity contribution in [1.82, 2.24) is 10.2 Å². The predicted molar refractivity (Wildman–Crippen MR) is 82.5 cm³/mol. The highest BCUT2D eigenvalue weighted by Crippen LogP contribution is 2.32. The van der Waals surface area contributed by atoms with Crippen LogP contribution in [0.4, 0.5) is 13.2 Å². The van der Waals surface area contributed by atoms with E-state index < -0.39 is 17.6 Å². The fourth-order valence-electron chi connectivity index (χ4n) is 3.50. The molecule has 0 bridgehead atoms. The minimum Gasteiger partial charge on any atom is -0.378 e. The number of likely N-dealkylation sites (tertiary alicyclic amines) is 1. The van der Waals surface area contributed by atoms with Gasteiger partial charge < -0.3 is 10.1 Å². The van der Waals surface area contributed by atoms with Crippen molar-refractivity contribution < 1.29 is 22.7 Å². The Morgan fingerprint density at radius 2 is 1.92 bits per heavy atom. The number of carbonyl (C=O) groups excluding carboxylic acids is 1. The van der Waals surface area contributed by atoms with Crippen LogP contribution in [0.15, 0.2) is 24.3 Å². The second-order valence-corrected chi connectivity index (χ2v) is 6.35. The molecule has 2 atom stereocenters. The normalized spacial score (nSPS) is 25.1. The maximum atomic E-state index is 13.0. The van der Waals surface area contributed by atoms with Gasteiger partial charge in [0.15, 0.2) is 0 Å². The topological polar surface area (TPSA) is 41.6 Å². The highest BCUT2D eigenvalue weighted by molar-refractivity contribution is 5.79. The van der Waals surface area contributed by atoms with Crippen LogP contribution in [0.5, 0.6) is 0 Å². The molecule has 0 spiro atoms. The molecule has 2 aliphatic heterocycles. The second-order valence-electron chi connectivity index (χ2n) is 6.35. The van der Waals surface area contributed by atoms with Crippen LogP contribution in [0.2, 0.25) is 0 Å². The molecule has 2 aliphatic rings. The number of nitrogens with one attached hydrogen (secondary N) is 1. The average molecular weight is 342 g/mol. The predicted octanol–water partition coefficient (Wildman–Crippen LogP) is 2.23. The molecule has 1 aromatic carbocycles. The van der Waals surface area contributed by atoms with Crippen LogP contribution in [0, 0.1) is 0 Å². The molecule has 4 nitrogen and oxygen atoms in total. The van der Waals surface area contributed by atoms with Gasteiger partial charge in [-0.05, 0) is 37.6 Å². The van der Waals surface area contributed by atoms with Crippen LogP contribution < -0.4 is 5.32 Å². The zero-order valence-corrected chi connectivity index (χ0v) is 13.3. The van der Waals surface area contributed by atoms with Crippen LogP contribution in [0.1, 0.15) is 24.0 Å². The van der Waals surface area contributed by atoms with Gasteiger partial charge >= 0.3 is 6.18 Å². The van der Waals surface area contributed by atoms with Crippen LogP contribution in [-0.4, -0.2) is 49.2 Å². The summed E-state index contributed by atoms with van der Waals surface area (Å²) in [4.78, 5) is 14.5. The number of hydrogen-bond donors (Lipinski definition) is 1. The Kier molecular flexibility index (Phi) is 5.10. The molecule has 0 unspecified atom stereocenters. The smallest absolute Gasteiger partial charge is 0.378 e. The van der Waals surface area contributed by atoms with Gasteiger partial charge in [-0.25, -0.2) is 0 Å². The van der Waals surface area contributed by atoms with Crippen LogP contribution in [0.25, 0.3) is 0 Å². The number of hydrogen-bond acceptors (Lipinski definition) is 3. The van der Waals surface area contributed by atoms with Gasteiger partial charge in [0.25, 0.3) is 0 Å². The van der Waals surface area contributed by atoms with E-state index in [0.717, 1.165) is 32.0 Å². The van der Waals surface area contributed by atoms with Gasteiger partial charge in [0.05, 0.1) is 37.3 Å². The molecule has 0 aromatic heterocycles. The van der Waals surface area contributed by atoms with E-state index in [2.05, 4.69) is 10.2 Å². The maximum Gasteiger partial charge on any atom is 0.416 e. The third-order valence-electron chi connectivity index (χ3n) is 4.68. The van der Waals surface area contributed by atoms with E-state index in [4.69, 9.17) is 4.74 Å². The summed E-state index contributed by atoms with van der Waals surface area (Å²) in [7, 11) is 0. The molecule has 1 amide bonds. The van der Waals surface area contributed by atoms with Crippen molar-refractivity contribution in [3.8, 4) is 0 Å². The molecule has 24 heavy (non-hydrogen) atoms. The standard InChI is InChI=1S/C17H21F3N2O2/c18-17(19,20)13-6-2-1-5-12(13)9-16(23)21-14-10-24-11-15(14)22-7-3-4-8-22/h1-2,5-6,14-15H,3-4,7-11H2,(H,21,23)/t14-,15-/m0/s1. The summed E-state index contributed by atoms with van der Waals surface area (Å²) in [6.07, 6.45) is -2.46. The first-order valence-electron chi connectivity index (χ1n) is 8.21. The lowest BCUT2D eigenvalue weighted by Gasteiger charge is -2.28. The number of amides is 1. The number of nitrogens with zero attached hydrogens (tertiary/aromatic N) is 1. The maximum absolute atomic E-state index is 13.0. The highest BCUT2D eigenvalue weighted by Gasteiger charge is 2.36. The SMILES string of the molecule is O=C(Cc1ccccc1C(F)(F)F)N[C@H]1COC[C@@H]1N1CCCC1. The minimum absolute atomic E-state index is 0.000798. The molecule has 0 radical (unpaired) electrons. The molecular weight excluding hydrogens is 321 g/mol.